The van der Waals surface area contributed by atoms with Gasteiger partial charge in [0, 0.05) is 31.5 Å². The van der Waals surface area contributed by atoms with Gasteiger partial charge in [0.25, 0.3) is 0 Å². The fraction of sp³-hybridized carbons (Fsp3) is 0.560. The molecular weight excluding hydrogens is 452 g/mol. The number of nitrogens with zero attached hydrogens (tertiary/aromatic N) is 2. The highest BCUT2D eigenvalue weighted by atomic mass is 32.2. The van der Waals surface area contributed by atoms with Crippen LogP contribution in [0.1, 0.15) is 63.4 Å². The van der Waals surface area contributed by atoms with E-state index in [-0.39, 0.29) is 0 Å². The maximum Gasteiger partial charge on any atom is 0.301 e. The SMILES string of the molecule is CCOC(C)(C)c1cccc(C(=N)Cc2nccc(NCCC3CCC(COS(=O)O)C3)n2)c1. The predicted molar refractivity (Wildman–Crippen MR) is 134 cm³/mol. The van der Waals surface area contributed by atoms with E-state index in [1.54, 1.807) is 6.20 Å². The van der Waals surface area contributed by atoms with E-state index in [1.165, 1.54) is 0 Å². The van der Waals surface area contributed by atoms with Crippen molar-refractivity contribution < 1.29 is 17.7 Å². The van der Waals surface area contributed by atoms with Crippen molar-refractivity contribution >= 4 is 22.9 Å². The zero-order valence-corrected chi connectivity index (χ0v) is 21.1. The van der Waals surface area contributed by atoms with Crippen LogP contribution in [0.4, 0.5) is 5.82 Å². The number of hydrogen-bond acceptors (Lipinski definition) is 7. The maximum atomic E-state index is 10.7. The molecule has 2 aromatic rings. The van der Waals surface area contributed by atoms with Crippen molar-refractivity contribution in [2.75, 3.05) is 25.1 Å². The van der Waals surface area contributed by atoms with E-state index in [0.29, 0.717) is 43.0 Å². The molecule has 0 spiro atoms. The summed E-state index contributed by atoms with van der Waals surface area (Å²) in [6.07, 6.45) is 6.25. The molecule has 1 heterocycles. The van der Waals surface area contributed by atoms with Crippen molar-refractivity contribution in [2.24, 2.45) is 11.8 Å². The quantitative estimate of drug-likeness (QED) is 0.276. The molecule has 1 aromatic heterocycles. The molecule has 3 unspecified atom stereocenters. The topological polar surface area (TPSA) is 117 Å². The second-order valence-corrected chi connectivity index (χ2v) is 9.97. The first kappa shape index (κ1) is 26.4. The Balaban J connectivity index is 1.50. The zero-order valence-electron chi connectivity index (χ0n) is 20.3. The van der Waals surface area contributed by atoms with E-state index in [9.17, 15) is 4.21 Å². The van der Waals surface area contributed by atoms with Gasteiger partial charge in [-0.3, -0.25) is 8.74 Å². The highest BCUT2D eigenvalue weighted by Crippen LogP contribution is 2.33. The number of hydrogen-bond donors (Lipinski definition) is 3. The van der Waals surface area contributed by atoms with Crippen LogP contribution in [0.15, 0.2) is 36.5 Å². The van der Waals surface area contributed by atoms with Gasteiger partial charge in [-0.2, -0.15) is 4.21 Å². The lowest BCUT2D eigenvalue weighted by Crippen LogP contribution is -2.22. The van der Waals surface area contributed by atoms with Crippen molar-refractivity contribution in [3.63, 3.8) is 0 Å². The lowest BCUT2D eigenvalue weighted by molar-refractivity contribution is -0.0140. The molecule has 8 nitrogen and oxygen atoms in total. The minimum Gasteiger partial charge on any atom is -0.371 e. The van der Waals surface area contributed by atoms with Crippen LogP contribution in [-0.2, 0) is 32.3 Å². The summed E-state index contributed by atoms with van der Waals surface area (Å²) in [5.41, 5.74) is 1.94. The predicted octanol–water partition coefficient (Wildman–Crippen LogP) is 4.73. The molecule has 1 aliphatic carbocycles. The van der Waals surface area contributed by atoms with E-state index in [1.807, 2.05) is 51.1 Å². The molecule has 0 bridgehead atoms. The van der Waals surface area contributed by atoms with Crippen molar-refractivity contribution in [2.45, 2.75) is 58.5 Å². The molecule has 0 amide bonds. The molecule has 1 fully saturated rings. The summed E-state index contributed by atoms with van der Waals surface area (Å²) in [5, 5.41) is 12.0. The summed E-state index contributed by atoms with van der Waals surface area (Å²) in [6, 6.07) is 9.79. The van der Waals surface area contributed by atoms with Crippen LogP contribution in [-0.4, -0.2) is 44.2 Å². The van der Waals surface area contributed by atoms with Crippen LogP contribution in [0.5, 0.6) is 0 Å². The van der Waals surface area contributed by atoms with Crippen molar-refractivity contribution in [3.8, 4) is 0 Å². The highest BCUT2D eigenvalue weighted by molar-refractivity contribution is 7.74. The summed E-state index contributed by atoms with van der Waals surface area (Å²) < 4.78 is 30.1. The van der Waals surface area contributed by atoms with Crippen LogP contribution < -0.4 is 5.32 Å². The first-order valence-corrected chi connectivity index (χ1v) is 12.9. The Kier molecular flexibility index (Phi) is 9.70. The molecule has 0 radical (unpaired) electrons. The summed E-state index contributed by atoms with van der Waals surface area (Å²) >= 11 is -2.18. The Labute approximate surface area is 204 Å². The number of anilines is 1. The van der Waals surface area contributed by atoms with Crippen molar-refractivity contribution in [1.82, 2.24) is 9.97 Å². The maximum absolute atomic E-state index is 10.7. The molecule has 0 saturated heterocycles. The molecule has 1 aliphatic rings. The normalized spacial score (nSPS) is 19.2. The van der Waals surface area contributed by atoms with Gasteiger partial charge >= 0.3 is 11.4 Å². The molecule has 3 rings (SSSR count). The molecule has 186 valence electrons. The fourth-order valence-corrected chi connectivity index (χ4v) is 4.83. The number of aromatic nitrogens is 2. The van der Waals surface area contributed by atoms with Crippen LogP contribution in [0.25, 0.3) is 0 Å². The van der Waals surface area contributed by atoms with Gasteiger partial charge in [0.1, 0.15) is 11.6 Å². The minimum absolute atomic E-state index is 0.348. The van der Waals surface area contributed by atoms with Gasteiger partial charge in [-0.05, 0) is 75.1 Å². The fourth-order valence-electron chi connectivity index (χ4n) is 4.52. The van der Waals surface area contributed by atoms with E-state index in [0.717, 1.165) is 49.2 Å². The molecular formula is C25H36N4O4S. The van der Waals surface area contributed by atoms with E-state index >= 15 is 0 Å². The third-order valence-corrected chi connectivity index (χ3v) is 6.70. The smallest absolute Gasteiger partial charge is 0.301 e. The van der Waals surface area contributed by atoms with Gasteiger partial charge in [0.15, 0.2) is 0 Å². The number of rotatable bonds is 13. The van der Waals surface area contributed by atoms with Crippen molar-refractivity contribution in [3.05, 3.63) is 53.5 Å². The second kappa shape index (κ2) is 12.5. The lowest BCUT2D eigenvalue weighted by atomic mass is 9.94. The van der Waals surface area contributed by atoms with Crippen LogP contribution in [0.2, 0.25) is 0 Å². The van der Waals surface area contributed by atoms with Crippen LogP contribution >= 0.6 is 0 Å². The van der Waals surface area contributed by atoms with Gasteiger partial charge in [0.2, 0.25) is 0 Å². The summed E-state index contributed by atoms with van der Waals surface area (Å²) in [6.45, 7) is 7.83. The Hall–Kier alpha value is -2.20. The molecule has 0 aliphatic heterocycles. The standard InChI is InChI=1S/C25H36N4O4S/c1-4-32-25(2,3)21-7-5-6-20(15-21)22(26)16-24-28-13-11-23(29-24)27-12-10-18-8-9-19(14-18)17-33-34(30)31/h5-7,11,13,15,18-19,26H,4,8-10,12,14,16-17H2,1-3H3,(H,30,31)(H,27,28,29). The van der Waals surface area contributed by atoms with Crippen molar-refractivity contribution in [1.29, 1.82) is 5.41 Å². The Morgan fingerprint density at radius 1 is 1.29 bits per heavy atom. The number of ether oxygens (including phenoxy) is 1. The number of benzene rings is 1. The monoisotopic (exact) mass is 488 g/mol. The van der Waals surface area contributed by atoms with Gasteiger partial charge in [-0.25, -0.2) is 9.97 Å². The molecule has 1 aromatic carbocycles. The first-order chi connectivity index (χ1) is 16.3. The average molecular weight is 489 g/mol. The summed E-state index contributed by atoms with van der Waals surface area (Å²) in [7, 11) is 0. The van der Waals surface area contributed by atoms with Gasteiger partial charge in [-0.15, -0.1) is 0 Å². The minimum atomic E-state index is -2.18. The lowest BCUT2D eigenvalue weighted by Gasteiger charge is -2.25. The van der Waals surface area contributed by atoms with E-state index in [2.05, 4.69) is 15.3 Å². The molecule has 9 heteroatoms. The molecule has 3 atom stereocenters. The summed E-state index contributed by atoms with van der Waals surface area (Å²) in [5.74, 6) is 2.31. The molecule has 3 N–H and O–H groups in total. The van der Waals surface area contributed by atoms with Gasteiger partial charge in [0.05, 0.1) is 12.2 Å². The second-order valence-electron chi connectivity index (χ2n) is 9.30. The summed E-state index contributed by atoms with van der Waals surface area (Å²) in [4.78, 5) is 8.96. The Morgan fingerprint density at radius 2 is 2.09 bits per heavy atom. The van der Waals surface area contributed by atoms with Gasteiger partial charge < -0.3 is 15.5 Å². The third kappa shape index (κ3) is 7.94. The van der Waals surface area contributed by atoms with E-state index < -0.39 is 17.0 Å². The highest BCUT2D eigenvalue weighted by Gasteiger charge is 2.25. The Bertz CT molecular complexity index is 985. The van der Waals surface area contributed by atoms with Crippen LogP contribution in [0.3, 0.4) is 0 Å². The average Bonchev–Trinajstić information content (AvgIpc) is 3.26. The first-order valence-electron chi connectivity index (χ1n) is 11.9. The molecule has 1 saturated carbocycles. The van der Waals surface area contributed by atoms with Gasteiger partial charge in [-0.1, -0.05) is 24.6 Å². The Morgan fingerprint density at radius 3 is 2.85 bits per heavy atom. The van der Waals surface area contributed by atoms with Crippen LogP contribution in [0, 0.1) is 17.2 Å². The molecule has 34 heavy (non-hydrogen) atoms. The van der Waals surface area contributed by atoms with E-state index in [4.69, 9.17) is 18.9 Å². The third-order valence-electron chi connectivity index (χ3n) is 6.36. The largest absolute Gasteiger partial charge is 0.371 e. The number of nitrogens with one attached hydrogen (secondary N) is 2. The zero-order chi connectivity index (χ0) is 24.6.